The van der Waals surface area contributed by atoms with Crippen LogP contribution in [0.5, 0.6) is 5.75 Å². The van der Waals surface area contributed by atoms with Crippen molar-refractivity contribution in [3.05, 3.63) is 23.8 Å². The van der Waals surface area contributed by atoms with E-state index in [4.69, 9.17) is 4.74 Å². The first-order chi connectivity index (χ1) is 14.6. The second kappa shape index (κ2) is 11.5. The number of fused-ring (bicyclic) bond motifs is 1. The Morgan fingerprint density at radius 3 is 2.61 bits per heavy atom. The smallest absolute Gasteiger partial charge is 0.258 e. The maximum absolute atomic E-state index is 13.4. The molecule has 2 rings (SSSR count). The van der Waals surface area contributed by atoms with Gasteiger partial charge in [0.05, 0.1) is 18.2 Å². The molecule has 1 aromatic carbocycles. The van der Waals surface area contributed by atoms with E-state index < -0.39 is 0 Å². The van der Waals surface area contributed by atoms with Crippen LogP contribution in [0.3, 0.4) is 0 Å². The Bertz CT molecular complexity index is 753. The molecule has 8 heteroatoms. The lowest BCUT2D eigenvalue weighted by Crippen LogP contribution is -2.49. The molecule has 8 nitrogen and oxygen atoms in total. The molecule has 31 heavy (non-hydrogen) atoms. The summed E-state index contributed by atoms with van der Waals surface area (Å²) in [6.07, 6.45) is 1.06. The molecule has 0 aliphatic carbocycles. The molecule has 0 saturated carbocycles. The number of carbonyl (C=O) groups is 2. The number of carbonyl (C=O) groups excluding carboxylic acids is 2. The molecule has 0 unspecified atom stereocenters. The molecule has 1 aromatic rings. The van der Waals surface area contributed by atoms with Crippen LogP contribution in [-0.2, 0) is 4.79 Å². The van der Waals surface area contributed by atoms with Gasteiger partial charge in [-0.05, 0) is 66.3 Å². The van der Waals surface area contributed by atoms with E-state index in [0.717, 1.165) is 13.0 Å². The predicted octanol–water partition coefficient (Wildman–Crippen LogP) is 1.75. The third-order valence-corrected chi connectivity index (χ3v) is 5.50. The summed E-state index contributed by atoms with van der Waals surface area (Å²) in [6, 6.07) is 4.89. The molecule has 0 spiro atoms. The quantitative estimate of drug-likeness (QED) is 0.616. The first-order valence-electron chi connectivity index (χ1n) is 10.9. The first-order valence-corrected chi connectivity index (χ1v) is 10.9. The van der Waals surface area contributed by atoms with Crippen LogP contribution >= 0.6 is 0 Å². The molecule has 0 saturated heterocycles. The average molecular weight is 435 g/mol. The van der Waals surface area contributed by atoms with Gasteiger partial charge >= 0.3 is 0 Å². The van der Waals surface area contributed by atoms with Gasteiger partial charge in [-0.25, -0.2) is 0 Å². The maximum Gasteiger partial charge on any atom is 0.258 e. The van der Waals surface area contributed by atoms with Crippen molar-refractivity contribution in [1.29, 1.82) is 0 Å². The lowest BCUT2D eigenvalue weighted by atomic mass is 9.99. The van der Waals surface area contributed by atoms with Crippen molar-refractivity contribution in [2.45, 2.75) is 38.8 Å². The van der Waals surface area contributed by atoms with Crippen molar-refractivity contribution in [2.75, 3.05) is 59.7 Å². The van der Waals surface area contributed by atoms with Crippen LogP contribution in [0.1, 0.15) is 37.0 Å². The molecule has 3 atom stereocenters. The van der Waals surface area contributed by atoms with Gasteiger partial charge in [-0.15, -0.1) is 0 Å². The fourth-order valence-corrected chi connectivity index (χ4v) is 3.66. The fourth-order valence-electron chi connectivity index (χ4n) is 3.66. The molecule has 1 heterocycles. The maximum atomic E-state index is 13.4. The zero-order valence-corrected chi connectivity index (χ0v) is 19.7. The topological polar surface area (TPSA) is 85.3 Å². The largest absolute Gasteiger partial charge is 0.488 e. The van der Waals surface area contributed by atoms with Crippen LogP contribution in [-0.4, -0.2) is 98.2 Å². The Balaban J connectivity index is 2.30. The second-order valence-corrected chi connectivity index (χ2v) is 9.05. The van der Waals surface area contributed by atoms with Crippen LogP contribution in [0.15, 0.2) is 18.2 Å². The van der Waals surface area contributed by atoms with Crippen molar-refractivity contribution in [1.82, 2.24) is 14.7 Å². The van der Waals surface area contributed by atoms with E-state index in [2.05, 4.69) is 17.1 Å². The number of hydrogen-bond donors (Lipinski definition) is 2. The zero-order chi connectivity index (χ0) is 23.1. The summed E-state index contributed by atoms with van der Waals surface area (Å²) < 4.78 is 6.27. The highest BCUT2D eigenvalue weighted by molar-refractivity contribution is 5.99. The molecule has 1 aliphatic heterocycles. The Kier molecular flexibility index (Phi) is 9.28. The lowest BCUT2D eigenvalue weighted by Gasteiger charge is -2.37. The lowest BCUT2D eigenvalue weighted by molar-refractivity contribution is -0.116. The summed E-state index contributed by atoms with van der Waals surface area (Å²) in [4.78, 5) is 31.5. The molecule has 0 radical (unpaired) electrons. The summed E-state index contributed by atoms with van der Waals surface area (Å²) >= 11 is 0. The molecule has 0 bridgehead atoms. The fraction of sp³-hybridized carbons (Fsp3) is 0.652. The molecule has 1 aliphatic rings. The highest BCUT2D eigenvalue weighted by Gasteiger charge is 2.33. The van der Waals surface area contributed by atoms with Crippen LogP contribution in [0, 0.1) is 5.92 Å². The number of amides is 2. The third-order valence-electron chi connectivity index (χ3n) is 5.50. The van der Waals surface area contributed by atoms with Crippen LogP contribution in [0.25, 0.3) is 0 Å². The second-order valence-electron chi connectivity index (χ2n) is 9.05. The highest BCUT2D eigenvalue weighted by Crippen LogP contribution is 2.30. The number of ether oxygens (including phenoxy) is 1. The Labute approximate surface area is 186 Å². The minimum Gasteiger partial charge on any atom is -0.488 e. The van der Waals surface area contributed by atoms with Crippen LogP contribution < -0.4 is 10.1 Å². The molecule has 2 N–H and O–H groups in total. The minimum atomic E-state index is -0.315. The summed E-state index contributed by atoms with van der Waals surface area (Å²) in [5, 5.41) is 12.6. The van der Waals surface area contributed by atoms with E-state index in [1.54, 1.807) is 23.1 Å². The highest BCUT2D eigenvalue weighted by atomic mass is 16.5. The van der Waals surface area contributed by atoms with E-state index in [-0.39, 0.29) is 36.5 Å². The van der Waals surface area contributed by atoms with Crippen molar-refractivity contribution >= 4 is 17.5 Å². The van der Waals surface area contributed by atoms with Crippen molar-refractivity contribution in [3.63, 3.8) is 0 Å². The predicted molar refractivity (Wildman–Crippen MR) is 123 cm³/mol. The normalized spacial score (nSPS) is 20.2. The molecule has 0 aromatic heterocycles. The van der Waals surface area contributed by atoms with Gasteiger partial charge in [-0.1, -0.05) is 6.92 Å². The number of nitrogens with zero attached hydrogens (tertiary/aromatic N) is 3. The summed E-state index contributed by atoms with van der Waals surface area (Å²) in [6.45, 7) is 5.81. The van der Waals surface area contributed by atoms with Crippen molar-refractivity contribution in [2.24, 2.45) is 5.92 Å². The van der Waals surface area contributed by atoms with Gasteiger partial charge in [0.2, 0.25) is 5.91 Å². The summed E-state index contributed by atoms with van der Waals surface area (Å²) in [5.74, 6) is 0.310. The molecule has 2 amide bonds. The van der Waals surface area contributed by atoms with Gasteiger partial charge in [-0.3, -0.25) is 9.59 Å². The van der Waals surface area contributed by atoms with Gasteiger partial charge < -0.3 is 29.9 Å². The molecular formula is C23H38N4O4. The van der Waals surface area contributed by atoms with Crippen LogP contribution in [0.4, 0.5) is 5.69 Å². The standard InChI is InChI=1S/C23H38N4O4/c1-16-13-27(17(2)15-28)23(30)19-12-18(24-22(29)8-7-11-25(3)4)9-10-20(19)31-21(16)14-26(5)6/h9-10,12,16-17,21,28H,7-8,11,13-15H2,1-6H3,(H,24,29)/t16-,17+,21+/m0/s1. The summed E-state index contributed by atoms with van der Waals surface area (Å²) in [5.41, 5.74) is 0.974. The van der Waals surface area contributed by atoms with Crippen molar-refractivity contribution in [3.8, 4) is 5.75 Å². The van der Waals surface area contributed by atoms with E-state index in [0.29, 0.717) is 36.5 Å². The van der Waals surface area contributed by atoms with Gasteiger partial charge in [0, 0.05) is 31.1 Å². The van der Waals surface area contributed by atoms with Gasteiger partial charge in [0.1, 0.15) is 11.9 Å². The number of aliphatic hydroxyl groups excluding tert-OH is 1. The molecule has 0 fully saturated rings. The van der Waals surface area contributed by atoms with Gasteiger partial charge in [0.25, 0.3) is 5.91 Å². The van der Waals surface area contributed by atoms with E-state index in [1.165, 1.54) is 0 Å². The van der Waals surface area contributed by atoms with E-state index in [1.807, 2.05) is 40.0 Å². The Morgan fingerprint density at radius 1 is 1.29 bits per heavy atom. The number of anilines is 1. The molecule has 174 valence electrons. The monoisotopic (exact) mass is 434 g/mol. The van der Waals surface area contributed by atoms with Crippen molar-refractivity contribution < 1.29 is 19.4 Å². The minimum absolute atomic E-state index is 0.0827. The van der Waals surface area contributed by atoms with Gasteiger partial charge in [-0.2, -0.15) is 0 Å². The number of nitrogens with one attached hydrogen (secondary N) is 1. The molecular weight excluding hydrogens is 396 g/mol. The number of aliphatic hydroxyl groups is 1. The zero-order valence-electron chi connectivity index (χ0n) is 19.7. The number of hydrogen-bond acceptors (Lipinski definition) is 6. The van der Waals surface area contributed by atoms with E-state index >= 15 is 0 Å². The number of likely N-dealkylation sites (N-methyl/N-ethyl adjacent to an activating group) is 1. The average Bonchev–Trinajstić information content (AvgIpc) is 2.69. The number of benzene rings is 1. The van der Waals surface area contributed by atoms with Gasteiger partial charge in [0.15, 0.2) is 0 Å². The third kappa shape index (κ3) is 7.19. The summed E-state index contributed by atoms with van der Waals surface area (Å²) in [7, 11) is 7.93. The first kappa shape index (κ1) is 25.1. The Hall–Kier alpha value is -2.16. The SMILES string of the molecule is C[C@H](CO)N1C[C@H](C)[C@@H](CN(C)C)Oc2ccc(NC(=O)CCCN(C)C)cc2C1=O. The Morgan fingerprint density at radius 2 is 2.00 bits per heavy atom. The number of rotatable bonds is 9. The van der Waals surface area contributed by atoms with Crippen LogP contribution in [0.2, 0.25) is 0 Å². The van der Waals surface area contributed by atoms with E-state index in [9.17, 15) is 14.7 Å².